The molecule has 4 nitrogen and oxygen atoms in total. The fourth-order valence-electron chi connectivity index (χ4n) is 1.77. The molecule has 1 amide bonds. The topological polar surface area (TPSA) is 44.4 Å². The number of carbonyl (C=O) groups excluding carboxylic acids is 1. The molecule has 0 atom stereocenters. The van der Waals surface area contributed by atoms with Gasteiger partial charge in [-0.1, -0.05) is 53.5 Å². The van der Waals surface area contributed by atoms with Crippen molar-refractivity contribution in [1.29, 1.82) is 0 Å². The second-order valence-electron chi connectivity index (χ2n) is 4.12. The molecule has 1 aromatic carbocycles. The third-order valence-electron chi connectivity index (χ3n) is 2.80. The summed E-state index contributed by atoms with van der Waals surface area (Å²) < 4.78 is -1.56. The van der Waals surface area contributed by atoms with Crippen molar-refractivity contribution in [2.75, 3.05) is 26.2 Å². The molecule has 1 saturated heterocycles. The quantitative estimate of drug-likeness (QED) is 0.823. The molecule has 0 saturated carbocycles. The maximum absolute atomic E-state index is 12.1. The predicted molar refractivity (Wildman–Crippen MR) is 72.4 cm³/mol. The van der Waals surface area contributed by atoms with Crippen LogP contribution in [0.4, 0.5) is 0 Å². The molecule has 1 aromatic rings. The number of amides is 1. The number of hydrogen-bond acceptors (Lipinski definition) is 3. The van der Waals surface area contributed by atoms with Crippen molar-refractivity contribution in [3.63, 3.8) is 0 Å². The number of carbonyl (C=O) groups is 1. The fourth-order valence-corrected chi connectivity index (χ4v) is 2.11. The van der Waals surface area contributed by atoms with Crippen LogP contribution >= 0.6 is 23.2 Å². The lowest BCUT2D eigenvalue weighted by Crippen LogP contribution is -2.54. The molecule has 0 aliphatic carbocycles. The molecule has 0 spiro atoms. The van der Waals surface area contributed by atoms with E-state index in [1.807, 2.05) is 11.1 Å². The average Bonchev–Trinajstić information content (AvgIpc) is 2.41. The minimum Gasteiger partial charge on any atom is -0.314 e. The summed E-state index contributed by atoms with van der Waals surface area (Å²) in [6.07, 6.45) is 0. The van der Waals surface area contributed by atoms with Crippen molar-refractivity contribution < 1.29 is 4.79 Å². The maximum Gasteiger partial charge on any atom is 0.275 e. The normalized spacial score (nSPS) is 17.4. The van der Waals surface area contributed by atoms with Crippen LogP contribution in [0.5, 0.6) is 0 Å². The van der Waals surface area contributed by atoms with E-state index in [-0.39, 0.29) is 0 Å². The zero-order chi connectivity index (χ0) is 13.0. The number of hydrogen-bond donors (Lipinski definition) is 2. The molecule has 18 heavy (non-hydrogen) atoms. The molecule has 0 bridgehead atoms. The highest BCUT2D eigenvalue weighted by atomic mass is 35.5. The Kier molecular flexibility index (Phi) is 4.45. The summed E-state index contributed by atoms with van der Waals surface area (Å²) in [5, 5.41) is 5.02. The molecule has 0 unspecified atom stereocenters. The average molecular weight is 288 g/mol. The van der Waals surface area contributed by atoms with Gasteiger partial charge < -0.3 is 5.32 Å². The summed E-state index contributed by atoms with van der Waals surface area (Å²) in [4.78, 5) is 12.1. The van der Waals surface area contributed by atoms with E-state index in [0.29, 0.717) is 5.56 Å². The first-order valence-electron chi connectivity index (χ1n) is 5.81. The summed E-state index contributed by atoms with van der Waals surface area (Å²) in [6.45, 7) is 3.15. The highest BCUT2D eigenvalue weighted by Crippen LogP contribution is 2.33. The first-order chi connectivity index (χ1) is 8.60. The summed E-state index contributed by atoms with van der Waals surface area (Å²) in [5.41, 5.74) is 3.32. The number of alkyl halides is 2. The highest BCUT2D eigenvalue weighted by Gasteiger charge is 2.36. The molecule has 1 fully saturated rings. The lowest BCUT2D eigenvalue weighted by atomic mass is 10.1. The van der Waals surface area contributed by atoms with Gasteiger partial charge in [-0.3, -0.25) is 10.2 Å². The lowest BCUT2D eigenvalue weighted by Gasteiger charge is -2.30. The van der Waals surface area contributed by atoms with E-state index in [9.17, 15) is 4.79 Å². The minimum atomic E-state index is -1.56. The van der Waals surface area contributed by atoms with Gasteiger partial charge in [-0.25, -0.2) is 5.01 Å². The number of nitrogens with zero attached hydrogens (tertiary/aromatic N) is 1. The lowest BCUT2D eigenvalue weighted by molar-refractivity contribution is -0.127. The number of piperazine rings is 1. The second kappa shape index (κ2) is 5.89. The first-order valence-corrected chi connectivity index (χ1v) is 6.56. The van der Waals surface area contributed by atoms with Gasteiger partial charge in [-0.15, -0.1) is 0 Å². The molecule has 0 radical (unpaired) electrons. The Morgan fingerprint density at radius 3 is 2.44 bits per heavy atom. The van der Waals surface area contributed by atoms with Crippen molar-refractivity contribution in [2.45, 2.75) is 4.33 Å². The highest BCUT2D eigenvalue weighted by molar-refractivity contribution is 6.57. The Balaban J connectivity index is 2.03. The van der Waals surface area contributed by atoms with Gasteiger partial charge >= 0.3 is 0 Å². The molecule has 2 rings (SSSR count). The monoisotopic (exact) mass is 287 g/mol. The van der Waals surface area contributed by atoms with Crippen molar-refractivity contribution in [3.05, 3.63) is 35.9 Å². The number of hydrazine groups is 1. The Labute approximate surface area is 116 Å². The van der Waals surface area contributed by atoms with Crippen LogP contribution in [0.3, 0.4) is 0 Å². The van der Waals surface area contributed by atoms with Crippen molar-refractivity contribution >= 4 is 29.1 Å². The smallest absolute Gasteiger partial charge is 0.275 e. The molecule has 0 aromatic heterocycles. The van der Waals surface area contributed by atoms with Crippen LogP contribution in [-0.2, 0) is 9.13 Å². The molecule has 1 aliphatic heterocycles. The Morgan fingerprint density at radius 2 is 1.83 bits per heavy atom. The maximum atomic E-state index is 12.1. The van der Waals surface area contributed by atoms with E-state index < -0.39 is 10.2 Å². The molecule has 1 heterocycles. The van der Waals surface area contributed by atoms with E-state index >= 15 is 0 Å². The van der Waals surface area contributed by atoms with Gasteiger partial charge in [0.25, 0.3) is 5.91 Å². The predicted octanol–water partition coefficient (Wildman–Crippen LogP) is 1.25. The van der Waals surface area contributed by atoms with Crippen LogP contribution in [0.25, 0.3) is 0 Å². The Bertz CT molecular complexity index is 405. The van der Waals surface area contributed by atoms with Crippen LogP contribution < -0.4 is 10.7 Å². The third kappa shape index (κ3) is 3.14. The number of benzene rings is 1. The van der Waals surface area contributed by atoms with Gasteiger partial charge in [0.2, 0.25) is 4.33 Å². The largest absolute Gasteiger partial charge is 0.314 e. The van der Waals surface area contributed by atoms with Crippen LogP contribution in [0.1, 0.15) is 5.56 Å². The standard InChI is InChI=1S/C12H15Cl2N3O/c13-12(14,10-4-2-1-3-5-10)11(18)16-17-8-6-15-7-9-17/h1-5,15H,6-9H2,(H,16,18). The molecular weight excluding hydrogens is 273 g/mol. The summed E-state index contributed by atoms with van der Waals surface area (Å²) >= 11 is 12.3. The summed E-state index contributed by atoms with van der Waals surface area (Å²) in [7, 11) is 0. The number of halogens is 2. The number of nitrogens with one attached hydrogen (secondary N) is 2. The molecule has 98 valence electrons. The van der Waals surface area contributed by atoms with E-state index in [1.165, 1.54) is 0 Å². The SMILES string of the molecule is O=C(NN1CCNCC1)C(Cl)(Cl)c1ccccc1. The summed E-state index contributed by atoms with van der Waals surface area (Å²) in [5.74, 6) is -0.418. The van der Waals surface area contributed by atoms with Crippen LogP contribution in [-0.4, -0.2) is 37.1 Å². The van der Waals surface area contributed by atoms with E-state index in [2.05, 4.69) is 10.7 Å². The van der Waals surface area contributed by atoms with Gasteiger partial charge in [-0.2, -0.15) is 0 Å². The van der Waals surface area contributed by atoms with E-state index in [1.54, 1.807) is 24.3 Å². The van der Waals surface area contributed by atoms with E-state index in [4.69, 9.17) is 23.2 Å². The van der Waals surface area contributed by atoms with Gasteiger partial charge in [0.05, 0.1) is 0 Å². The second-order valence-corrected chi connectivity index (χ2v) is 5.45. The van der Waals surface area contributed by atoms with Crippen LogP contribution in [0, 0.1) is 0 Å². The zero-order valence-corrected chi connectivity index (χ0v) is 11.3. The Morgan fingerprint density at radius 1 is 1.22 bits per heavy atom. The fraction of sp³-hybridized carbons (Fsp3) is 0.417. The summed E-state index contributed by atoms with van der Waals surface area (Å²) in [6, 6.07) is 8.91. The van der Waals surface area contributed by atoms with Crippen molar-refractivity contribution in [3.8, 4) is 0 Å². The van der Waals surface area contributed by atoms with Gasteiger partial charge in [0, 0.05) is 26.2 Å². The number of rotatable bonds is 3. The van der Waals surface area contributed by atoms with Gasteiger partial charge in [0.15, 0.2) is 0 Å². The minimum absolute atomic E-state index is 0.418. The molecule has 1 aliphatic rings. The molecular formula is C12H15Cl2N3O. The van der Waals surface area contributed by atoms with Crippen LogP contribution in [0.15, 0.2) is 30.3 Å². The molecule has 6 heteroatoms. The van der Waals surface area contributed by atoms with Crippen molar-refractivity contribution in [2.24, 2.45) is 0 Å². The Hall–Kier alpha value is -0.810. The van der Waals surface area contributed by atoms with Gasteiger partial charge in [0.1, 0.15) is 0 Å². The first kappa shape index (κ1) is 13.6. The molecule has 2 N–H and O–H groups in total. The van der Waals surface area contributed by atoms with Crippen molar-refractivity contribution in [1.82, 2.24) is 15.8 Å². The third-order valence-corrected chi connectivity index (χ3v) is 3.58. The van der Waals surface area contributed by atoms with E-state index in [0.717, 1.165) is 26.2 Å². The zero-order valence-electron chi connectivity index (χ0n) is 9.83. The van der Waals surface area contributed by atoms with Gasteiger partial charge in [-0.05, 0) is 5.56 Å². The van der Waals surface area contributed by atoms with Crippen LogP contribution in [0.2, 0.25) is 0 Å².